The van der Waals surface area contributed by atoms with E-state index < -0.39 is 17.2 Å². The monoisotopic (exact) mass is 240 g/mol. The van der Waals surface area contributed by atoms with Crippen molar-refractivity contribution in [2.24, 2.45) is 0 Å². The molecule has 0 amide bonds. The van der Waals surface area contributed by atoms with Gasteiger partial charge in [0, 0.05) is 12.3 Å². The predicted molar refractivity (Wildman–Crippen MR) is 57.1 cm³/mol. The molecule has 1 aromatic carbocycles. The van der Waals surface area contributed by atoms with Crippen LogP contribution in [0.1, 0.15) is 0 Å². The van der Waals surface area contributed by atoms with E-state index in [1.807, 2.05) is 0 Å². The van der Waals surface area contributed by atoms with Crippen LogP contribution in [0.4, 0.5) is 8.78 Å². The summed E-state index contributed by atoms with van der Waals surface area (Å²) in [6, 6.07) is 4.92. The number of rotatable bonds is 1. The summed E-state index contributed by atoms with van der Waals surface area (Å²) in [6.07, 6.45) is 1.29. The Balaban J connectivity index is 2.73. The standard InChI is InChI=1S/C10H6F2N2OS/c11-6-2-1-3-7(9(6)12)14-5-4-8(15)13-10(14)16/h1-5H,(H,13,15,16). The topological polar surface area (TPSA) is 37.8 Å². The minimum absolute atomic E-state index is 0.0111. The summed E-state index contributed by atoms with van der Waals surface area (Å²) in [4.78, 5) is 13.2. The van der Waals surface area contributed by atoms with Gasteiger partial charge in [-0.25, -0.2) is 8.78 Å². The maximum atomic E-state index is 13.4. The molecule has 1 heterocycles. The van der Waals surface area contributed by atoms with Crippen LogP contribution in [0.15, 0.2) is 35.3 Å². The van der Waals surface area contributed by atoms with Crippen LogP contribution >= 0.6 is 12.2 Å². The van der Waals surface area contributed by atoms with Gasteiger partial charge >= 0.3 is 0 Å². The van der Waals surface area contributed by atoms with Gasteiger partial charge in [-0.1, -0.05) is 6.07 Å². The van der Waals surface area contributed by atoms with Crippen LogP contribution in [0.3, 0.4) is 0 Å². The molecule has 0 radical (unpaired) electrons. The predicted octanol–water partition coefficient (Wildman–Crippen LogP) is 2.17. The van der Waals surface area contributed by atoms with E-state index in [0.717, 1.165) is 6.07 Å². The van der Waals surface area contributed by atoms with Gasteiger partial charge in [0.2, 0.25) is 0 Å². The highest BCUT2D eigenvalue weighted by atomic mass is 32.1. The molecule has 0 aliphatic rings. The Morgan fingerprint density at radius 3 is 2.69 bits per heavy atom. The fraction of sp³-hybridized carbons (Fsp3) is 0. The fourth-order valence-corrected chi connectivity index (χ4v) is 1.55. The summed E-state index contributed by atoms with van der Waals surface area (Å²) in [7, 11) is 0. The van der Waals surface area contributed by atoms with Crippen molar-refractivity contribution in [2.75, 3.05) is 0 Å². The van der Waals surface area contributed by atoms with Crippen molar-refractivity contribution in [3.05, 3.63) is 57.2 Å². The quantitative estimate of drug-likeness (QED) is 0.776. The summed E-state index contributed by atoms with van der Waals surface area (Å²) in [6.45, 7) is 0. The first-order valence-electron chi connectivity index (χ1n) is 4.36. The number of H-pyrrole nitrogens is 1. The average molecular weight is 240 g/mol. The van der Waals surface area contributed by atoms with E-state index in [0.29, 0.717) is 0 Å². The van der Waals surface area contributed by atoms with Gasteiger partial charge in [-0.15, -0.1) is 0 Å². The zero-order valence-electron chi connectivity index (χ0n) is 7.91. The summed E-state index contributed by atoms with van der Waals surface area (Å²) < 4.78 is 27.6. The van der Waals surface area contributed by atoms with Gasteiger partial charge in [0.05, 0.1) is 5.69 Å². The molecule has 1 N–H and O–H groups in total. The molecular formula is C10H6F2N2OS. The van der Waals surface area contributed by atoms with Crippen LogP contribution in [0.25, 0.3) is 5.69 Å². The Morgan fingerprint density at radius 2 is 2.00 bits per heavy atom. The summed E-state index contributed by atoms with van der Waals surface area (Å²) in [5.74, 6) is -1.98. The molecule has 0 aliphatic carbocycles. The van der Waals surface area contributed by atoms with E-state index in [2.05, 4.69) is 4.98 Å². The summed E-state index contributed by atoms with van der Waals surface area (Å²) >= 11 is 4.84. The highest BCUT2D eigenvalue weighted by molar-refractivity contribution is 7.71. The van der Waals surface area contributed by atoms with E-state index in [9.17, 15) is 13.6 Å². The molecule has 2 aromatic rings. The van der Waals surface area contributed by atoms with Crippen LogP contribution in [0.2, 0.25) is 0 Å². The van der Waals surface area contributed by atoms with Crippen LogP contribution in [-0.2, 0) is 0 Å². The number of benzene rings is 1. The number of halogens is 2. The third-order valence-electron chi connectivity index (χ3n) is 2.01. The first-order chi connectivity index (χ1) is 7.59. The maximum Gasteiger partial charge on any atom is 0.251 e. The van der Waals surface area contributed by atoms with Crippen LogP contribution < -0.4 is 5.56 Å². The molecule has 0 aliphatic heterocycles. The third-order valence-corrected chi connectivity index (χ3v) is 2.31. The number of hydrogen-bond acceptors (Lipinski definition) is 2. The van der Waals surface area contributed by atoms with Gasteiger partial charge in [0.15, 0.2) is 16.4 Å². The Morgan fingerprint density at radius 1 is 1.25 bits per heavy atom. The molecule has 0 bridgehead atoms. The van der Waals surface area contributed by atoms with Crippen LogP contribution in [-0.4, -0.2) is 9.55 Å². The Labute approximate surface area is 94.0 Å². The zero-order chi connectivity index (χ0) is 11.7. The molecule has 2 rings (SSSR count). The van der Waals surface area contributed by atoms with Crippen molar-refractivity contribution >= 4 is 12.2 Å². The Hall–Kier alpha value is -1.82. The minimum Gasteiger partial charge on any atom is -0.299 e. The number of aromatic amines is 1. The second-order valence-electron chi connectivity index (χ2n) is 3.05. The SMILES string of the molecule is O=c1ccn(-c2cccc(F)c2F)c(=S)[nH]1. The number of nitrogens with one attached hydrogen (secondary N) is 1. The Kier molecular flexibility index (Phi) is 2.66. The average Bonchev–Trinajstić information content (AvgIpc) is 2.23. The van der Waals surface area contributed by atoms with Gasteiger partial charge < -0.3 is 0 Å². The molecule has 0 saturated carbocycles. The van der Waals surface area contributed by atoms with Crippen molar-refractivity contribution in [1.29, 1.82) is 0 Å². The number of hydrogen-bond donors (Lipinski definition) is 1. The first-order valence-corrected chi connectivity index (χ1v) is 4.77. The first kappa shape index (κ1) is 10.7. The molecule has 0 unspecified atom stereocenters. The van der Waals surface area contributed by atoms with Crippen molar-refractivity contribution in [1.82, 2.24) is 9.55 Å². The van der Waals surface area contributed by atoms with E-state index in [1.54, 1.807) is 0 Å². The maximum absolute atomic E-state index is 13.4. The largest absolute Gasteiger partial charge is 0.299 e. The van der Waals surface area contributed by atoms with Gasteiger partial charge in [-0.3, -0.25) is 14.3 Å². The van der Waals surface area contributed by atoms with E-state index in [1.165, 1.54) is 29.0 Å². The lowest BCUT2D eigenvalue weighted by atomic mass is 10.3. The van der Waals surface area contributed by atoms with Crippen molar-refractivity contribution in [3.63, 3.8) is 0 Å². The summed E-state index contributed by atoms with van der Waals surface area (Å²) in [5, 5.41) is 0. The zero-order valence-corrected chi connectivity index (χ0v) is 8.72. The molecule has 0 atom stereocenters. The second-order valence-corrected chi connectivity index (χ2v) is 3.44. The summed E-state index contributed by atoms with van der Waals surface area (Å²) in [5.41, 5.74) is -0.431. The lowest BCUT2D eigenvalue weighted by molar-refractivity contribution is 0.503. The lowest BCUT2D eigenvalue weighted by Gasteiger charge is -2.07. The highest BCUT2D eigenvalue weighted by Crippen LogP contribution is 2.15. The number of aromatic nitrogens is 2. The minimum atomic E-state index is -1.01. The molecule has 3 nitrogen and oxygen atoms in total. The normalized spacial score (nSPS) is 10.4. The van der Waals surface area contributed by atoms with Gasteiger partial charge in [-0.2, -0.15) is 0 Å². The molecule has 0 saturated heterocycles. The molecule has 0 spiro atoms. The molecule has 82 valence electrons. The molecule has 1 aromatic heterocycles. The molecular weight excluding hydrogens is 234 g/mol. The van der Waals surface area contributed by atoms with Crippen LogP contribution in [0, 0.1) is 16.4 Å². The molecule has 16 heavy (non-hydrogen) atoms. The van der Waals surface area contributed by atoms with Gasteiger partial charge in [-0.05, 0) is 24.4 Å². The third kappa shape index (κ3) is 1.79. The van der Waals surface area contributed by atoms with E-state index >= 15 is 0 Å². The van der Waals surface area contributed by atoms with E-state index in [-0.39, 0.29) is 10.5 Å². The fourth-order valence-electron chi connectivity index (χ4n) is 1.29. The lowest BCUT2D eigenvalue weighted by Crippen LogP contribution is -2.11. The molecule has 6 heteroatoms. The molecule has 0 fully saturated rings. The highest BCUT2D eigenvalue weighted by Gasteiger charge is 2.09. The van der Waals surface area contributed by atoms with Gasteiger partial charge in [0.1, 0.15) is 0 Å². The number of nitrogens with zero attached hydrogens (tertiary/aromatic N) is 1. The van der Waals surface area contributed by atoms with Crippen molar-refractivity contribution in [2.45, 2.75) is 0 Å². The second kappa shape index (κ2) is 3.97. The van der Waals surface area contributed by atoms with Crippen molar-refractivity contribution < 1.29 is 8.78 Å². The van der Waals surface area contributed by atoms with E-state index in [4.69, 9.17) is 12.2 Å². The van der Waals surface area contributed by atoms with Gasteiger partial charge in [0.25, 0.3) is 5.56 Å². The van der Waals surface area contributed by atoms with Crippen LogP contribution in [0.5, 0.6) is 0 Å². The van der Waals surface area contributed by atoms with Crippen molar-refractivity contribution in [3.8, 4) is 5.69 Å². The smallest absolute Gasteiger partial charge is 0.251 e. The Bertz CT molecular complexity index is 648.